The number of benzene rings is 7. The molecule has 10 rings (SSSR count). The summed E-state index contributed by atoms with van der Waals surface area (Å²) >= 11 is -1.79. The van der Waals surface area contributed by atoms with Gasteiger partial charge in [-0.2, -0.15) is 0 Å². The predicted molar refractivity (Wildman–Crippen MR) is 241 cm³/mol. The molecule has 1 radical (unpaired) electrons. The molecule has 0 fully saturated rings. The van der Waals surface area contributed by atoms with Crippen LogP contribution < -0.4 is 4.40 Å². The number of pyridine rings is 2. The normalized spacial score (nSPS) is 11.2. The first-order valence-corrected chi connectivity index (χ1v) is 26.6. The van der Waals surface area contributed by atoms with Crippen molar-refractivity contribution >= 4 is 50.4 Å². The molecule has 58 heavy (non-hydrogen) atoms. The topological polar surface area (TPSA) is 38.9 Å². The second-order valence-electron chi connectivity index (χ2n) is 15.3. The Labute approximate surface area is 356 Å². The Morgan fingerprint density at radius 3 is 1.93 bits per heavy atom. The van der Waals surface area contributed by atoms with Crippen molar-refractivity contribution in [1.82, 2.24) is 9.97 Å². The smallest absolute Gasteiger partial charge is 0.121 e. The molecular weight excluding hydrogens is 945 g/mol. The Balaban J connectivity index is 0.000000177. The monoisotopic (exact) mass is 987 g/mol. The Morgan fingerprint density at radius 2 is 1.19 bits per heavy atom. The van der Waals surface area contributed by atoms with E-state index in [1.807, 2.05) is 36.5 Å². The van der Waals surface area contributed by atoms with Crippen LogP contribution in [-0.2, 0) is 20.1 Å². The molecule has 283 valence electrons. The Kier molecular flexibility index (Phi) is 11.3. The number of nitrogens with zero attached hydrogens (tertiary/aromatic N) is 2. The van der Waals surface area contributed by atoms with Gasteiger partial charge in [0.2, 0.25) is 0 Å². The molecule has 0 N–H and O–H groups in total. The van der Waals surface area contributed by atoms with Gasteiger partial charge in [0, 0.05) is 31.7 Å². The largest absolute Gasteiger partial charge is 0.500 e. The van der Waals surface area contributed by atoms with Gasteiger partial charge in [0.25, 0.3) is 0 Å². The molecule has 0 atom stereocenters. The molecule has 10 aromatic rings. The molecule has 0 spiro atoms. The molecule has 5 heteroatoms. The Hall–Kier alpha value is -5.91. The maximum absolute atomic E-state index is 6.26. The molecule has 0 aliphatic heterocycles. The Morgan fingerprint density at radius 1 is 0.483 bits per heavy atom. The number of furan rings is 1. The van der Waals surface area contributed by atoms with Gasteiger partial charge in [-0.1, -0.05) is 96.4 Å². The first-order valence-electron chi connectivity index (χ1n) is 19.3. The fourth-order valence-corrected chi connectivity index (χ4v) is 9.49. The van der Waals surface area contributed by atoms with Gasteiger partial charge >= 0.3 is 135 Å². The summed E-state index contributed by atoms with van der Waals surface area (Å²) in [6.07, 6.45) is 3.91. The molecule has 3 nitrogen and oxygen atoms in total. The van der Waals surface area contributed by atoms with Crippen molar-refractivity contribution in [2.24, 2.45) is 0 Å². The van der Waals surface area contributed by atoms with Crippen molar-refractivity contribution in [1.29, 1.82) is 0 Å². The van der Waals surface area contributed by atoms with Crippen LogP contribution >= 0.6 is 0 Å². The van der Waals surface area contributed by atoms with Crippen LogP contribution in [0.1, 0.15) is 0 Å². The minimum atomic E-state index is -1.79. The van der Waals surface area contributed by atoms with Gasteiger partial charge in [0.1, 0.15) is 5.58 Å². The maximum Gasteiger partial charge on any atom is 0.121 e. The van der Waals surface area contributed by atoms with E-state index in [9.17, 15) is 0 Å². The maximum atomic E-state index is 6.26. The third-order valence-electron chi connectivity index (χ3n) is 10.5. The molecule has 0 saturated heterocycles. The van der Waals surface area contributed by atoms with Crippen molar-refractivity contribution in [2.45, 2.75) is 17.3 Å². The zero-order valence-electron chi connectivity index (χ0n) is 32.5. The second-order valence-corrected chi connectivity index (χ2v) is 26.0. The van der Waals surface area contributed by atoms with E-state index in [0.717, 1.165) is 55.6 Å². The molecule has 0 aliphatic rings. The summed E-state index contributed by atoms with van der Waals surface area (Å²) < 4.78 is 7.69. The van der Waals surface area contributed by atoms with Crippen LogP contribution in [0.15, 0.2) is 193 Å². The molecule has 0 amide bonds. The van der Waals surface area contributed by atoms with Crippen molar-refractivity contribution in [3.05, 3.63) is 200 Å². The van der Waals surface area contributed by atoms with Crippen molar-refractivity contribution in [3.63, 3.8) is 0 Å². The minimum absolute atomic E-state index is 0. The predicted octanol–water partition coefficient (Wildman–Crippen LogP) is 13.7. The van der Waals surface area contributed by atoms with E-state index in [4.69, 9.17) is 4.42 Å². The molecule has 0 unspecified atom stereocenters. The van der Waals surface area contributed by atoms with Gasteiger partial charge in [0.15, 0.2) is 0 Å². The van der Waals surface area contributed by atoms with E-state index in [1.54, 1.807) is 0 Å². The van der Waals surface area contributed by atoms with E-state index < -0.39 is 13.3 Å². The Bertz CT molecular complexity index is 2980. The number of hydrogen-bond acceptors (Lipinski definition) is 3. The van der Waals surface area contributed by atoms with E-state index in [2.05, 4.69) is 191 Å². The van der Waals surface area contributed by atoms with Crippen molar-refractivity contribution in [3.8, 4) is 55.9 Å². The zero-order chi connectivity index (χ0) is 38.8. The van der Waals surface area contributed by atoms with Gasteiger partial charge in [-0.25, -0.2) is 0 Å². The fraction of sp³-hybridized carbons (Fsp3) is 0.0566. The standard InChI is InChI=1S/C33H20NO.C20H20GeN.Ir/c1-2-7-22(8-3-1)24-17-18-34-31(20-24)26-14-16-32-30(19-26)29-15-13-25(21-33(29)35-32)28-12-6-10-23-9-4-5-11-27(23)28;1-21(2,3)19-12-13-20(22-15-19)18-11-7-10-17(14-18)16-8-5-4-6-9-16;/h1-13,15-21H;4-10,12-15H,1-3H3;/q2*-1;. The van der Waals surface area contributed by atoms with E-state index >= 15 is 0 Å². The average Bonchev–Trinajstić information content (AvgIpc) is 3.64. The van der Waals surface area contributed by atoms with Crippen molar-refractivity contribution < 1.29 is 24.5 Å². The average molecular weight is 986 g/mol. The van der Waals surface area contributed by atoms with Gasteiger partial charge in [-0.05, 0) is 50.9 Å². The van der Waals surface area contributed by atoms with E-state index in [0.29, 0.717) is 0 Å². The van der Waals surface area contributed by atoms with Crippen LogP contribution in [0.4, 0.5) is 0 Å². The summed E-state index contributed by atoms with van der Waals surface area (Å²) in [5.74, 6) is 7.16. The quantitative estimate of drug-likeness (QED) is 0.123. The SMILES string of the molecule is [CH3][Ge]([CH3])([CH3])[c]1ccc(-c2[c-]ccc(-c3ccccc3)c2)nc1.[Ir].[c-]1cc2oc3cc(-c4cccc5ccccc45)ccc3c2cc1-c1cc(-c2ccccc2)ccn1. The number of hydrogen-bond donors (Lipinski definition) is 0. The van der Waals surface area contributed by atoms with Crippen LogP contribution in [0, 0.1) is 12.1 Å². The third-order valence-corrected chi connectivity index (χ3v) is 14.7. The van der Waals surface area contributed by atoms with Crippen LogP contribution in [0.5, 0.6) is 0 Å². The molecule has 7 aromatic carbocycles. The van der Waals surface area contributed by atoms with Crippen LogP contribution in [0.25, 0.3) is 88.6 Å². The zero-order valence-corrected chi connectivity index (χ0v) is 37.0. The number of rotatable bonds is 6. The van der Waals surface area contributed by atoms with Crippen molar-refractivity contribution in [2.75, 3.05) is 0 Å². The molecule has 0 saturated carbocycles. The number of fused-ring (bicyclic) bond motifs is 4. The number of aromatic nitrogens is 2. The van der Waals surface area contributed by atoms with Crippen LogP contribution in [0.2, 0.25) is 17.3 Å². The summed E-state index contributed by atoms with van der Waals surface area (Å²) in [5.41, 5.74) is 12.7. The minimum Gasteiger partial charge on any atom is -0.500 e. The van der Waals surface area contributed by atoms with E-state index in [-0.39, 0.29) is 20.1 Å². The van der Waals surface area contributed by atoms with Gasteiger partial charge in [-0.3, -0.25) is 0 Å². The molecular formula is C53H40GeIrN2O-2. The molecule has 3 aromatic heterocycles. The summed E-state index contributed by atoms with van der Waals surface area (Å²) in [6, 6.07) is 67.7. The first kappa shape index (κ1) is 38.9. The molecule has 3 heterocycles. The fourth-order valence-electron chi connectivity index (χ4n) is 7.32. The summed E-state index contributed by atoms with van der Waals surface area (Å²) in [7, 11) is 0. The molecule has 0 aliphatic carbocycles. The van der Waals surface area contributed by atoms with Crippen LogP contribution in [0.3, 0.4) is 0 Å². The van der Waals surface area contributed by atoms with Gasteiger partial charge in [-0.15, -0.1) is 23.8 Å². The second kappa shape index (κ2) is 16.9. The van der Waals surface area contributed by atoms with Crippen LogP contribution in [-0.4, -0.2) is 23.2 Å². The third kappa shape index (κ3) is 8.23. The summed E-state index contributed by atoms with van der Waals surface area (Å²) in [5, 5.41) is 4.65. The summed E-state index contributed by atoms with van der Waals surface area (Å²) in [4.78, 5) is 9.29. The van der Waals surface area contributed by atoms with Gasteiger partial charge in [0.05, 0.1) is 5.58 Å². The summed E-state index contributed by atoms with van der Waals surface area (Å²) in [6.45, 7) is 0. The first-order chi connectivity index (χ1) is 27.9. The molecule has 0 bridgehead atoms. The van der Waals surface area contributed by atoms with E-state index in [1.165, 1.54) is 37.4 Å². The van der Waals surface area contributed by atoms with Gasteiger partial charge < -0.3 is 9.40 Å².